The fraction of sp³-hybridized carbons (Fsp3) is 0.600. The molecule has 7 nitrogen and oxygen atoms in total. The molecule has 1 amide bonds. The minimum atomic E-state index is -0.266. The Morgan fingerprint density at radius 2 is 1.89 bits per heavy atom. The first-order chi connectivity index (χ1) is 12.8. The Hall–Kier alpha value is -2.09. The van der Waals surface area contributed by atoms with E-state index in [0.29, 0.717) is 28.7 Å². The van der Waals surface area contributed by atoms with Crippen LogP contribution in [0.25, 0.3) is 0 Å². The van der Waals surface area contributed by atoms with Gasteiger partial charge in [0, 0.05) is 29.2 Å². The highest BCUT2D eigenvalue weighted by molar-refractivity contribution is 7.98. The average Bonchev–Trinajstić information content (AvgIpc) is 2.98. The van der Waals surface area contributed by atoms with Crippen molar-refractivity contribution in [2.45, 2.75) is 77.4 Å². The Morgan fingerprint density at radius 1 is 1.25 bits per heavy atom. The number of carbonyl (C=O) groups is 1. The zero-order chi connectivity index (χ0) is 21.3. The Bertz CT molecular complexity index is 916. The van der Waals surface area contributed by atoms with Gasteiger partial charge in [-0.05, 0) is 40.4 Å². The number of aryl methyl sites for hydroxylation is 1. The van der Waals surface area contributed by atoms with E-state index in [9.17, 15) is 9.59 Å². The number of amides is 1. The second-order valence-electron chi connectivity index (χ2n) is 8.93. The molecule has 2 aromatic heterocycles. The number of aromatic nitrogens is 4. The average molecular weight is 406 g/mol. The first-order valence-electron chi connectivity index (χ1n) is 9.37. The normalized spacial score (nSPS) is 12.3. The zero-order valence-electron chi connectivity index (χ0n) is 18.1. The Labute approximate surface area is 170 Å². The molecule has 28 heavy (non-hydrogen) atoms. The maximum atomic E-state index is 12.6. The van der Waals surface area contributed by atoms with E-state index in [2.05, 4.69) is 36.1 Å². The number of nitrogens with zero attached hydrogens (tertiary/aromatic N) is 3. The molecule has 0 spiro atoms. The Kier molecular flexibility index (Phi) is 6.43. The lowest BCUT2D eigenvalue weighted by Crippen LogP contribution is -2.27. The van der Waals surface area contributed by atoms with Crippen LogP contribution < -0.4 is 10.9 Å². The van der Waals surface area contributed by atoms with Crippen LogP contribution in [0, 0.1) is 6.92 Å². The molecule has 0 saturated carbocycles. The maximum Gasteiger partial charge on any atom is 0.254 e. The second kappa shape index (κ2) is 8.11. The van der Waals surface area contributed by atoms with Crippen molar-refractivity contribution < 1.29 is 4.79 Å². The molecule has 0 aromatic carbocycles. The number of carbonyl (C=O) groups excluding carboxylic acids is 1. The summed E-state index contributed by atoms with van der Waals surface area (Å²) < 4.78 is 1.85. The van der Waals surface area contributed by atoms with Crippen LogP contribution in [0.1, 0.15) is 64.9 Å². The second-order valence-corrected chi connectivity index (χ2v) is 9.73. The molecule has 0 radical (unpaired) electrons. The highest BCUT2D eigenvalue weighted by Crippen LogP contribution is 2.28. The third kappa shape index (κ3) is 5.25. The number of anilines is 1. The summed E-state index contributed by atoms with van der Waals surface area (Å²) in [4.78, 5) is 31.9. The van der Waals surface area contributed by atoms with E-state index in [4.69, 9.17) is 5.10 Å². The van der Waals surface area contributed by atoms with Gasteiger partial charge in [-0.25, -0.2) is 9.67 Å². The number of thioether (sulfide) groups is 1. The van der Waals surface area contributed by atoms with Crippen molar-refractivity contribution >= 4 is 23.5 Å². The van der Waals surface area contributed by atoms with Gasteiger partial charge in [0.1, 0.15) is 5.82 Å². The summed E-state index contributed by atoms with van der Waals surface area (Å²) in [5.74, 6) is 0.516. The topological polar surface area (TPSA) is 92.7 Å². The van der Waals surface area contributed by atoms with Gasteiger partial charge in [0.15, 0.2) is 5.16 Å². The molecular formula is C20H31N5O2S. The highest BCUT2D eigenvalue weighted by Gasteiger charge is 2.25. The lowest BCUT2D eigenvalue weighted by atomic mass is 9.92. The highest BCUT2D eigenvalue weighted by atomic mass is 32.2. The summed E-state index contributed by atoms with van der Waals surface area (Å²) >= 11 is 1.38. The summed E-state index contributed by atoms with van der Waals surface area (Å²) in [5.41, 5.74) is 1.56. The zero-order valence-corrected chi connectivity index (χ0v) is 18.9. The van der Waals surface area contributed by atoms with Crippen molar-refractivity contribution in [2.75, 3.05) is 11.6 Å². The molecule has 0 aliphatic rings. The van der Waals surface area contributed by atoms with Crippen LogP contribution in [0.2, 0.25) is 0 Å². The van der Waals surface area contributed by atoms with Gasteiger partial charge >= 0.3 is 0 Å². The molecule has 2 rings (SSSR count). The summed E-state index contributed by atoms with van der Waals surface area (Å²) in [7, 11) is 0. The van der Waals surface area contributed by atoms with E-state index in [1.165, 1.54) is 11.8 Å². The Morgan fingerprint density at radius 3 is 2.39 bits per heavy atom. The van der Waals surface area contributed by atoms with Crippen LogP contribution in [-0.4, -0.2) is 31.9 Å². The molecule has 2 N–H and O–H groups in total. The van der Waals surface area contributed by atoms with Crippen molar-refractivity contribution in [3.05, 3.63) is 33.4 Å². The lowest BCUT2D eigenvalue weighted by Gasteiger charge is -2.23. The minimum absolute atomic E-state index is 0.120. The fourth-order valence-corrected chi connectivity index (χ4v) is 3.19. The molecule has 0 saturated heterocycles. The van der Waals surface area contributed by atoms with Crippen LogP contribution >= 0.6 is 11.8 Å². The van der Waals surface area contributed by atoms with Gasteiger partial charge in [-0.3, -0.25) is 9.59 Å². The quantitative estimate of drug-likeness (QED) is 0.585. The smallest absolute Gasteiger partial charge is 0.254 e. The number of hydrogen-bond donors (Lipinski definition) is 2. The molecule has 0 unspecified atom stereocenters. The third-order valence-electron chi connectivity index (χ3n) is 4.38. The predicted octanol–water partition coefficient (Wildman–Crippen LogP) is 3.62. The van der Waals surface area contributed by atoms with Crippen LogP contribution in [-0.2, 0) is 22.2 Å². The Balaban J connectivity index is 2.18. The molecule has 154 valence electrons. The van der Waals surface area contributed by atoms with Crippen LogP contribution in [0.4, 0.5) is 5.82 Å². The monoisotopic (exact) mass is 405 g/mol. The van der Waals surface area contributed by atoms with Gasteiger partial charge in [0.25, 0.3) is 5.56 Å². The molecule has 0 atom stereocenters. The van der Waals surface area contributed by atoms with E-state index in [-0.39, 0.29) is 28.8 Å². The van der Waals surface area contributed by atoms with Crippen molar-refractivity contribution in [1.29, 1.82) is 0 Å². The van der Waals surface area contributed by atoms with Gasteiger partial charge in [-0.2, -0.15) is 5.10 Å². The molecule has 0 aliphatic carbocycles. The summed E-state index contributed by atoms with van der Waals surface area (Å²) in [5, 5.41) is 8.25. The van der Waals surface area contributed by atoms with Crippen molar-refractivity contribution in [1.82, 2.24) is 19.7 Å². The van der Waals surface area contributed by atoms with Crippen molar-refractivity contribution in [3.63, 3.8) is 0 Å². The number of rotatable bonds is 5. The molecule has 0 aliphatic heterocycles. The number of nitrogens with one attached hydrogen (secondary N) is 2. The standard InChI is InChI=1S/C20H31N5O2S/c1-12-13(17(27)23-18(21-12)28-8)9-10-16(26)22-15-11-14(19(2,3)4)24-25(15)20(5,6)7/h11H,9-10H2,1-8H3,(H,22,26)(H,21,23,27). The van der Waals surface area contributed by atoms with Crippen LogP contribution in [0.3, 0.4) is 0 Å². The molecule has 8 heteroatoms. The van der Waals surface area contributed by atoms with Crippen LogP contribution in [0.5, 0.6) is 0 Å². The molecule has 2 heterocycles. The lowest BCUT2D eigenvalue weighted by molar-refractivity contribution is -0.116. The number of H-pyrrole nitrogens is 1. The van der Waals surface area contributed by atoms with Crippen LogP contribution in [0.15, 0.2) is 16.0 Å². The van der Waals surface area contributed by atoms with Crippen molar-refractivity contribution in [2.24, 2.45) is 0 Å². The van der Waals surface area contributed by atoms with Gasteiger partial charge in [0.2, 0.25) is 5.91 Å². The summed E-state index contributed by atoms with van der Waals surface area (Å²) in [6.07, 6.45) is 2.39. The molecule has 0 fully saturated rings. The third-order valence-corrected chi connectivity index (χ3v) is 4.96. The van der Waals surface area contributed by atoms with Crippen molar-refractivity contribution in [3.8, 4) is 0 Å². The number of aromatic amines is 1. The minimum Gasteiger partial charge on any atom is -0.311 e. The van der Waals surface area contributed by atoms with E-state index in [1.54, 1.807) is 6.92 Å². The van der Waals surface area contributed by atoms with Gasteiger partial charge in [-0.15, -0.1) is 0 Å². The van der Waals surface area contributed by atoms with Gasteiger partial charge in [-0.1, -0.05) is 32.5 Å². The van der Waals surface area contributed by atoms with E-state index in [0.717, 1.165) is 5.69 Å². The molecule has 2 aromatic rings. The SMILES string of the molecule is CSc1nc(C)c(CCC(=O)Nc2cc(C(C)(C)C)nn2C(C)(C)C)c(=O)[nH]1. The number of hydrogen-bond acceptors (Lipinski definition) is 5. The largest absolute Gasteiger partial charge is 0.311 e. The van der Waals surface area contributed by atoms with E-state index in [1.807, 2.05) is 37.8 Å². The molecular weight excluding hydrogens is 374 g/mol. The first-order valence-corrected chi connectivity index (χ1v) is 10.6. The van der Waals surface area contributed by atoms with Gasteiger partial charge in [0.05, 0.1) is 11.2 Å². The summed E-state index contributed by atoms with van der Waals surface area (Å²) in [6.45, 7) is 14.2. The van der Waals surface area contributed by atoms with Gasteiger partial charge < -0.3 is 10.3 Å². The maximum absolute atomic E-state index is 12.6. The predicted molar refractivity (Wildman–Crippen MR) is 114 cm³/mol. The molecule has 0 bridgehead atoms. The summed E-state index contributed by atoms with van der Waals surface area (Å²) in [6, 6.07) is 1.93. The first kappa shape index (κ1) is 22.2. The van der Waals surface area contributed by atoms with E-state index >= 15 is 0 Å². The fourth-order valence-electron chi connectivity index (χ4n) is 2.77. The van der Waals surface area contributed by atoms with E-state index < -0.39 is 0 Å².